The molecule has 0 fully saturated rings. The number of rotatable bonds is 3. The lowest BCUT2D eigenvalue weighted by atomic mass is 10.1. The first-order chi connectivity index (χ1) is 13.2. The third-order valence-electron chi connectivity index (χ3n) is 4.49. The first-order valence-electron chi connectivity index (χ1n) is 8.35. The Morgan fingerprint density at radius 2 is 2.04 bits per heavy atom. The summed E-state index contributed by atoms with van der Waals surface area (Å²) in [5.41, 5.74) is 2.41. The van der Waals surface area contributed by atoms with E-state index < -0.39 is 0 Å². The van der Waals surface area contributed by atoms with E-state index in [9.17, 15) is 9.18 Å². The second kappa shape index (κ2) is 6.14. The minimum absolute atomic E-state index is 0.133. The first-order valence-corrected chi connectivity index (χ1v) is 9.16. The van der Waals surface area contributed by atoms with Crippen molar-refractivity contribution in [3.8, 4) is 10.4 Å². The fourth-order valence-corrected chi connectivity index (χ4v) is 4.24. The van der Waals surface area contributed by atoms with Gasteiger partial charge in [0.25, 0.3) is 5.56 Å². The number of nitrogens with zero attached hydrogens (tertiary/aromatic N) is 3. The smallest absolute Gasteiger partial charge is 0.262 e. The molecule has 4 aromatic heterocycles. The van der Waals surface area contributed by atoms with Gasteiger partial charge in [0.05, 0.1) is 18.3 Å². The molecule has 0 spiro atoms. The molecule has 0 aliphatic rings. The molecule has 5 nitrogen and oxygen atoms in total. The Kier molecular flexibility index (Phi) is 3.61. The van der Waals surface area contributed by atoms with Gasteiger partial charge in [-0.3, -0.25) is 9.36 Å². The Labute approximate surface area is 156 Å². The summed E-state index contributed by atoms with van der Waals surface area (Å²) in [4.78, 5) is 26.4. The Balaban J connectivity index is 1.61. The van der Waals surface area contributed by atoms with E-state index in [4.69, 9.17) is 0 Å². The monoisotopic (exact) mass is 376 g/mol. The van der Waals surface area contributed by atoms with Crippen LogP contribution < -0.4 is 5.56 Å². The average molecular weight is 376 g/mol. The van der Waals surface area contributed by atoms with Gasteiger partial charge >= 0.3 is 0 Å². The van der Waals surface area contributed by atoms with Crippen LogP contribution in [0.3, 0.4) is 0 Å². The highest BCUT2D eigenvalue weighted by molar-refractivity contribution is 7.21. The molecule has 0 saturated heterocycles. The van der Waals surface area contributed by atoms with Gasteiger partial charge in [-0.1, -0.05) is 12.1 Å². The molecule has 0 bridgehead atoms. The van der Waals surface area contributed by atoms with Gasteiger partial charge in [0.1, 0.15) is 16.3 Å². The van der Waals surface area contributed by atoms with Crippen LogP contribution in [-0.2, 0) is 6.54 Å². The zero-order valence-corrected chi connectivity index (χ0v) is 14.8. The van der Waals surface area contributed by atoms with E-state index in [-0.39, 0.29) is 17.9 Å². The normalized spacial score (nSPS) is 11.4. The van der Waals surface area contributed by atoms with Gasteiger partial charge in [-0.2, -0.15) is 0 Å². The molecule has 7 heteroatoms. The van der Waals surface area contributed by atoms with E-state index in [0.29, 0.717) is 10.2 Å². The molecule has 5 rings (SSSR count). The van der Waals surface area contributed by atoms with Crippen LogP contribution in [0.25, 0.3) is 31.7 Å². The van der Waals surface area contributed by atoms with Crippen molar-refractivity contribution < 1.29 is 4.39 Å². The number of fused-ring (bicyclic) bond motifs is 2. The van der Waals surface area contributed by atoms with Crippen molar-refractivity contribution in [2.75, 3.05) is 0 Å². The highest BCUT2D eigenvalue weighted by Gasteiger charge is 2.13. The predicted molar refractivity (Wildman–Crippen MR) is 104 cm³/mol. The zero-order valence-electron chi connectivity index (χ0n) is 14.0. The van der Waals surface area contributed by atoms with Crippen molar-refractivity contribution >= 4 is 32.6 Å². The number of H-pyrrole nitrogens is 1. The second-order valence-corrected chi connectivity index (χ2v) is 7.27. The van der Waals surface area contributed by atoms with Gasteiger partial charge in [0.2, 0.25) is 0 Å². The largest absolute Gasteiger partial charge is 0.346 e. The number of pyridine rings is 1. The molecule has 1 N–H and O–H groups in total. The molecule has 5 aromatic rings. The molecule has 0 aliphatic heterocycles. The summed E-state index contributed by atoms with van der Waals surface area (Å²) in [6, 6.07) is 12.0. The second-order valence-electron chi connectivity index (χ2n) is 6.24. The molecule has 0 saturated carbocycles. The molecule has 0 radical (unpaired) electrons. The fourth-order valence-electron chi connectivity index (χ4n) is 3.21. The molecule has 132 valence electrons. The van der Waals surface area contributed by atoms with E-state index in [1.165, 1.54) is 34.4 Å². The molecular weight excluding hydrogens is 363 g/mol. The lowest BCUT2D eigenvalue weighted by Crippen LogP contribution is -2.20. The summed E-state index contributed by atoms with van der Waals surface area (Å²) in [7, 11) is 0. The molecule has 0 unspecified atom stereocenters. The van der Waals surface area contributed by atoms with E-state index in [1.54, 1.807) is 18.3 Å². The summed E-state index contributed by atoms with van der Waals surface area (Å²) in [6.07, 6.45) is 5.11. The Hall–Kier alpha value is -3.32. The minimum atomic E-state index is -0.319. The Morgan fingerprint density at radius 1 is 1.11 bits per heavy atom. The molecule has 4 heterocycles. The van der Waals surface area contributed by atoms with Crippen LogP contribution in [0.4, 0.5) is 4.39 Å². The van der Waals surface area contributed by atoms with E-state index >= 15 is 0 Å². The van der Waals surface area contributed by atoms with Crippen LogP contribution in [-0.4, -0.2) is 19.5 Å². The minimum Gasteiger partial charge on any atom is -0.346 e. The van der Waals surface area contributed by atoms with E-state index in [2.05, 4.69) is 15.0 Å². The standard InChI is InChI=1S/C20H13FN4OS/c21-13-3-1-2-12(8-13)10-25-11-24-19-16(20(25)26)9-17(27-19)14-4-6-22-18-15(14)5-7-23-18/h1-9,11H,10H2,(H,22,23). The highest BCUT2D eigenvalue weighted by Crippen LogP contribution is 2.34. The number of nitrogens with one attached hydrogen (secondary N) is 1. The molecular formula is C20H13FN4OS. The van der Waals surface area contributed by atoms with E-state index in [0.717, 1.165) is 27.0 Å². The summed E-state index contributed by atoms with van der Waals surface area (Å²) in [6.45, 7) is 0.280. The van der Waals surface area contributed by atoms with Crippen LogP contribution >= 0.6 is 11.3 Å². The highest BCUT2D eigenvalue weighted by atomic mass is 32.1. The quantitative estimate of drug-likeness (QED) is 0.514. The summed E-state index contributed by atoms with van der Waals surface area (Å²) in [5, 5.41) is 1.57. The van der Waals surface area contributed by atoms with Crippen LogP contribution in [0.1, 0.15) is 5.56 Å². The predicted octanol–water partition coefficient (Wildman–Crippen LogP) is 4.19. The van der Waals surface area contributed by atoms with Crippen molar-refractivity contribution in [2.24, 2.45) is 0 Å². The summed E-state index contributed by atoms with van der Waals surface area (Å²) in [5.74, 6) is -0.319. The van der Waals surface area contributed by atoms with Crippen LogP contribution in [0, 0.1) is 5.82 Å². The Bertz CT molecular complexity index is 1350. The molecule has 0 aliphatic carbocycles. The maximum absolute atomic E-state index is 13.4. The van der Waals surface area contributed by atoms with Crippen molar-refractivity contribution in [3.63, 3.8) is 0 Å². The maximum atomic E-state index is 13.4. The van der Waals surface area contributed by atoms with Gasteiger partial charge in [0.15, 0.2) is 0 Å². The maximum Gasteiger partial charge on any atom is 0.262 e. The van der Waals surface area contributed by atoms with Crippen molar-refractivity contribution in [1.82, 2.24) is 19.5 Å². The van der Waals surface area contributed by atoms with Crippen LogP contribution in [0.2, 0.25) is 0 Å². The average Bonchev–Trinajstić information content (AvgIpc) is 3.31. The lowest BCUT2D eigenvalue weighted by molar-refractivity contribution is 0.622. The van der Waals surface area contributed by atoms with Crippen molar-refractivity contribution in [2.45, 2.75) is 6.54 Å². The molecule has 1 aromatic carbocycles. The summed E-state index contributed by atoms with van der Waals surface area (Å²) < 4.78 is 14.9. The number of aromatic nitrogens is 4. The van der Waals surface area contributed by atoms with Gasteiger partial charge in [-0.05, 0) is 35.9 Å². The molecule has 27 heavy (non-hydrogen) atoms. The molecule has 0 atom stereocenters. The van der Waals surface area contributed by atoms with Crippen molar-refractivity contribution in [1.29, 1.82) is 0 Å². The van der Waals surface area contributed by atoms with Crippen molar-refractivity contribution in [3.05, 3.63) is 82.9 Å². The van der Waals surface area contributed by atoms with Gasteiger partial charge in [-0.15, -0.1) is 11.3 Å². The third kappa shape index (κ3) is 2.72. The summed E-state index contributed by atoms with van der Waals surface area (Å²) >= 11 is 1.47. The number of hydrogen-bond donors (Lipinski definition) is 1. The zero-order chi connectivity index (χ0) is 18.4. The van der Waals surface area contributed by atoms with Gasteiger partial charge < -0.3 is 4.98 Å². The SMILES string of the molecule is O=c1c2cc(-c3ccnc4[nH]ccc34)sc2ncn1Cc1cccc(F)c1. The van der Waals surface area contributed by atoms with E-state index in [1.807, 2.05) is 24.4 Å². The number of aromatic amines is 1. The molecule has 0 amide bonds. The number of thiophene rings is 1. The lowest BCUT2D eigenvalue weighted by Gasteiger charge is -2.05. The van der Waals surface area contributed by atoms with Gasteiger partial charge in [0, 0.05) is 28.2 Å². The Morgan fingerprint density at radius 3 is 2.93 bits per heavy atom. The number of hydrogen-bond acceptors (Lipinski definition) is 4. The van der Waals surface area contributed by atoms with Gasteiger partial charge in [-0.25, -0.2) is 14.4 Å². The fraction of sp³-hybridized carbons (Fsp3) is 0.0500. The number of benzene rings is 1. The van der Waals surface area contributed by atoms with Crippen LogP contribution in [0.15, 0.2) is 66.0 Å². The third-order valence-corrected chi connectivity index (χ3v) is 5.56. The topological polar surface area (TPSA) is 63.6 Å². The first kappa shape index (κ1) is 15.9. The van der Waals surface area contributed by atoms with Crippen LogP contribution in [0.5, 0.6) is 0 Å². The number of halogens is 1.